The van der Waals surface area contributed by atoms with Gasteiger partial charge in [0, 0.05) is 45.8 Å². The summed E-state index contributed by atoms with van der Waals surface area (Å²) in [7, 11) is 0. The minimum atomic E-state index is -0.711. The van der Waals surface area contributed by atoms with Gasteiger partial charge in [-0.3, -0.25) is 64.4 Å². The Morgan fingerprint density at radius 3 is 1.04 bits per heavy atom. The molecule has 0 aromatic carbocycles. The van der Waals surface area contributed by atoms with Gasteiger partial charge in [0.1, 0.15) is 11.2 Å². The highest BCUT2D eigenvalue weighted by Gasteiger charge is 2.62. The van der Waals surface area contributed by atoms with Crippen LogP contribution in [0.3, 0.4) is 0 Å². The Kier molecular flexibility index (Phi) is 24.7. The minimum absolute atomic E-state index is 0.0188. The van der Waals surface area contributed by atoms with Gasteiger partial charge in [-0.2, -0.15) is 0 Å². The van der Waals surface area contributed by atoms with Gasteiger partial charge in [-0.05, 0) is 228 Å². The zero-order chi connectivity index (χ0) is 68.9. The molecule has 14 aliphatic rings. The quantitative estimate of drug-likeness (QED) is 0.0904. The fraction of sp³-hybridized carbons (Fsp3) is 0.868. The average molecular weight is 1300 g/mol. The lowest BCUT2D eigenvalue weighted by Crippen LogP contribution is -2.62. The molecule has 14 rings (SSSR count). The average Bonchev–Trinajstić information content (AvgIpc) is 1.75. The largest absolute Gasteiger partial charge is 0.458 e. The Morgan fingerprint density at radius 1 is 0.376 bits per heavy atom. The van der Waals surface area contributed by atoms with E-state index in [9.17, 15) is 47.9 Å². The van der Waals surface area contributed by atoms with Crippen molar-refractivity contribution < 1.29 is 57.4 Å². The Labute approximate surface area is 558 Å². The van der Waals surface area contributed by atoms with E-state index in [1.807, 2.05) is 104 Å². The van der Waals surface area contributed by atoms with Gasteiger partial charge in [-0.15, -0.1) is 0 Å². The van der Waals surface area contributed by atoms with Crippen LogP contribution in [0.5, 0.6) is 0 Å². The van der Waals surface area contributed by atoms with Gasteiger partial charge in [-0.25, -0.2) is 4.79 Å². The topological polar surface area (TPSA) is 263 Å². The first kappa shape index (κ1) is 75.7. The molecule has 14 fully saturated rings. The van der Waals surface area contributed by atoms with Crippen molar-refractivity contribution >= 4 is 59.3 Å². The van der Waals surface area contributed by atoms with Crippen LogP contribution >= 0.6 is 0 Å². The summed E-state index contributed by atoms with van der Waals surface area (Å²) in [6, 6.07) is 0. The summed E-state index contributed by atoms with van der Waals surface area (Å²) in [6.07, 6.45) is 31.0. The monoisotopic (exact) mass is 1300 g/mol. The predicted octanol–water partition coefficient (Wildman–Crippen LogP) is 14.5. The summed E-state index contributed by atoms with van der Waals surface area (Å²) >= 11 is 0. The van der Waals surface area contributed by atoms with Crippen molar-refractivity contribution in [1.29, 1.82) is 0 Å². The third kappa shape index (κ3) is 18.7. The van der Waals surface area contributed by atoms with Crippen LogP contribution in [0, 0.1) is 104 Å². The van der Waals surface area contributed by atoms with E-state index in [0.717, 1.165) is 164 Å². The maximum Gasteiger partial charge on any atom is 0.405 e. The van der Waals surface area contributed by atoms with E-state index >= 15 is 0 Å². The second-order valence-electron chi connectivity index (χ2n) is 35.0. The molecule has 93 heavy (non-hydrogen) atoms. The third-order valence-corrected chi connectivity index (χ3v) is 25.7. The molecule has 526 valence electrons. The molecule has 0 saturated heterocycles. The van der Waals surface area contributed by atoms with E-state index in [1.165, 1.54) is 57.8 Å². The maximum atomic E-state index is 12.7. The van der Waals surface area contributed by atoms with E-state index < -0.39 is 44.4 Å². The number of primary amides is 1. The number of nitrogens with one attached hydrogen (secondary N) is 4. The molecule has 2 atom stereocenters. The van der Waals surface area contributed by atoms with E-state index in [1.54, 1.807) is 0 Å². The van der Waals surface area contributed by atoms with Crippen molar-refractivity contribution in [2.45, 2.75) is 314 Å². The number of imide groups is 4. The number of nitrogens with two attached hydrogens (primary N) is 1. The normalized spacial score (nSPS) is 32.1. The highest BCUT2D eigenvalue weighted by molar-refractivity contribution is 6.01. The molecule has 14 saturated carbocycles. The van der Waals surface area contributed by atoms with Gasteiger partial charge >= 0.3 is 12.1 Å². The molecule has 9 amide bonds. The molecule has 0 aromatic rings. The molecule has 17 heteroatoms. The van der Waals surface area contributed by atoms with Crippen LogP contribution < -0.4 is 27.0 Å². The molecule has 0 aromatic heterocycles. The number of amides is 9. The Hall–Kier alpha value is -4.70. The lowest BCUT2D eigenvalue weighted by molar-refractivity contribution is -0.224. The fourth-order valence-corrected chi connectivity index (χ4v) is 18.5. The van der Waals surface area contributed by atoms with Crippen LogP contribution in [0.25, 0.3) is 0 Å². The van der Waals surface area contributed by atoms with Gasteiger partial charge in [0.25, 0.3) is 0 Å². The maximum absolute atomic E-state index is 12.7. The number of carbonyl (C=O) groups is 10. The Balaban J connectivity index is 0.000000166. The molecular weight excluding hydrogens is 1170 g/mol. The van der Waals surface area contributed by atoms with Crippen molar-refractivity contribution in [3.05, 3.63) is 0 Å². The predicted molar refractivity (Wildman–Crippen MR) is 360 cm³/mol. The van der Waals surface area contributed by atoms with Crippen LogP contribution in [0.2, 0.25) is 0 Å². The van der Waals surface area contributed by atoms with Crippen LogP contribution in [-0.4, -0.2) is 70.5 Å². The van der Waals surface area contributed by atoms with Gasteiger partial charge in [-0.1, -0.05) is 122 Å². The van der Waals surface area contributed by atoms with Crippen molar-refractivity contribution in [2.24, 2.45) is 109 Å². The summed E-state index contributed by atoms with van der Waals surface area (Å²) in [5, 5.41) is 10.6. The molecule has 0 spiro atoms. The molecule has 2 unspecified atom stereocenters. The SMILES string of the molecule is CCC(C)(C)C(=O)NC(=O)C12CC3CC(CC(C3)C1)C2.CCC(C)(C)C(=O)NC(=O)C1C2CC3CC(C2)CC1C3.CCC(C)(C)C(=O)NC(=O)C1CCCC1.CCC(C)(C)C(=O)NC(=O)C1CCCCC1.CCC(C)(C)C(=O)OC12CC3CC(CC(OC(N)=O)(C3)C1)C2. The summed E-state index contributed by atoms with van der Waals surface area (Å²) in [5.74, 6) is 5.53. The standard InChI is InChI=1S/C17H27NO4.2C17H27NO2.C13H23NO2.C12H21NO2/c1-4-15(2,3)13(19)21-16-6-11-5-12(7-16)9-17(8-11,10-16)22-14(18)20;1-4-16(2,3)14(19)18-15(20)17-8-11-5-12(9-17)7-13(6-11)10-17;1-4-17(2,3)16(20)18-15(19)14-12-6-10-5-11(8-12)9-13(14)7-10;1-4-13(2,3)12(16)14-11(15)10-8-6-5-7-9-10;1-4-12(2,3)11(15)13-10(14)9-7-5-6-8-9/h11-12H,4-10H2,1-3H3,(H2,18,20);11-13H,4-10H2,1-3H3,(H,18,19,20);10-14H,4-9H2,1-3H3,(H,18,19,20);10H,4-9H2,1-3H3,(H,14,15,16);9H,4-8H2,1-3H3,(H,13,14,15). The van der Waals surface area contributed by atoms with Crippen molar-refractivity contribution in [3.8, 4) is 0 Å². The second-order valence-corrected chi connectivity index (χ2v) is 35.0. The van der Waals surface area contributed by atoms with E-state index in [0.29, 0.717) is 30.1 Å². The molecule has 0 radical (unpaired) electrons. The lowest BCUT2D eigenvalue weighted by Gasteiger charge is -2.60. The number of esters is 1. The number of rotatable bonds is 16. The summed E-state index contributed by atoms with van der Waals surface area (Å²) in [4.78, 5) is 121. The van der Waals surface area contributed by atoms with Gasteiger partial charge in [0.05, 0.1) is 10.8 Å². The lowest BCUT2D eigenvalue weighted by atomic mass is 9.49. The molecule has 17 nitrogen and oxygen atoms in total. The number of hydrogen-bond acceptors (Lipinski definition) is 12. The van der Waals surface area contributed by atoms with Crippen LogP contribution in [0.15, 0.2) is 0 Å². The molecular formula is C76H125N5O12. The van der Waals surface area contributed by atoms with Crippen molar-refractivity contribution in [1.82, 2.24) is 21.3 Å². The summed E-state index contributed by atoms with van der Waals surface area (Å²) < 4.78 is 11.6. The van der Waals surface area contributed by atoms with E-state index in [4.69, 9.17) is 15.2 Å². The highest BCUT2D eigenvalue weighted by atomic mass is 16.6. The molecule has 6 N–H and O–H groups in total. The number of hydrogen-bond donors (Lipinski definition) is 5. The highest BCUT2D eigenvalue weighted by Crippen LogP contribution is 2.62. The minimum Gasteiger partial charge on any atom is -0.458 e. The molecule has 12 bridgehead atoms. The zero-order valence-electron chi connectivity index (χ0n) is 60.3. The first-order chi connectivity index (χ1) is 43.4. The van der Waals surface area contributed by atoms with Crippen molar-refractivity contribution in [2.75, 3.05) is 0 Å². The van der Waals surface area contributed by atoms with Gasteiger partial charge in [0.2, 0.25) is 47.3 Å². The number of carbonyl (C=O) groups excluding carboxylic acids is 10. The van der Waals surface area contributed by atoms with Gasteiger partial charge in [0.15, 0.2) is 0 Å². The first-order valence-electron chi connectivity index (χ1n) is 37.0. The first-order valence-corrected chi connectivity index (χ1v) is 37.0. The van der Waals surface area contributed by atoms with Crippen LogP contribution in [0.4, 0.5) is 4.79 Å². The third-order valence-electron chi connectivity index (χ3n) is 25.7. The summed E-state index contributed by atoms with van der Waals surface area (Å²) in [5.41, 5.74) is 1.87. The Morgan fingerprint density at radius 2 is 0.688 bits per heavy atom. The van der Waals surface area contributed by atoms with E-state index in [-0.39, 0.29) is 76.4 Å². The van der Waals surface area contributed by atoms with Gasteiger partial charge < -0.3 is 15.2 Å². The van der Waals surface area contributed by atoms with Crippen LogP contribution in [-0.2, 0) is 52.6 Å². The Bertz CT molecular complexity index is 2630. The molecule has 0 heterocycles. The number of ether oxygens (including phenoxy) is 2. The van der Waals surface area contributed by atoms with E-state index in [2.05, 4.69) is 21.3 Å². The smallest absolute Gasteiger partial charge is 0.405 e. The molecule has 0 aliphatic heterocycles. The molecule has 14 aliphatic carbocycles. The van der Waals surface area contributed by atoms with Crippen molar-refractivity contribution in [3.63, 3.8) is 0 Å². The fourth-order valence-electron chi connectivity index (χ4n) is 18.5. The van der Waals surface area contributed by atoms with Crippen LogP contribution in [0.1, 0.15) is 303 Å². The summed E-state index contributed by atoms with van der Waals surface area (Å²) in [6.45, 7) is 28.9. The second kappa shape index (κ2) is 30.4. The zero-order valence-corrected chi connectivity index (χ0v) is 60.3.